The lowest BCUT2D eigenvalue weighted by atomic mass is 10.1. The fraction of sp³-hybridized carbons (Fsp3) is 0.368. The maximum atomic E-state index is 12.6. The third kappa shape index (κ3) is 4.89. The number of amides is 1. The van der Waals surface area contributed by atoms with Crippen molar-refractivity contribution in [2.24, 2.45) is 0 Å². The van der Waals surface area contributed by atoms with Crippen molar-refractivity contribution in [3.8, 4) is 0 Å². The monoisotopic (exact) mass is 373 g/mol. The van der Waals surface area contributed by atoms with Crippen LogP contribution in [0.2, 0.25) is 0 Å². The molecule has 1 aromatic carbocycles. The normalized spacial score (nSPS) is 17.0. The van der Waals surface area contributed by atoms with Crippen molar-refractivity contribution in [3.63, 3.8) is 0 Å². The highest BCUT2D eigenvalue weighted by Crippen LogP contribution is 2.13. The predicted octanol–water partition coefficient (Wildman–Crippen LogP) is 1.58. The minimum atomic E-state index is -2.86. The van der Waals surface area contributed by atoms with Gasteiger partial charge in [0.2, 0.25) is 0 Å². The van der Waals surface area contributed by atoms with Crippen molar-refractivity contribution in [3.05, 3.63) is 65.5 Å². The van der Waals surface area contributed by atoms with E-state index in [0.29, 0.717) is 31.7 Å². The summed E-state index contributed by atoms with van der Waals surface area (Å²) >= 11 is 0. The van der Waals surface area contributed by atoms with Gasteiger partial charge in [0.05, 0.1) is 11.5 Å². The smallest absolute Gasteiger partial charge is 0.253 e. The number of sulfone groups is 1. The van der Waals surface area contributed by atoms with Gasteiger partial charge in [-0.1, -0.05) is 18.2 Å². The maximum absolute atomic E-state index is 12.6. The SMILES string of the molecule is CN(Cc1cccnc1)C(=O)c1ccc(CN2CCS(=O)(=O)CC2)cc1. The molecule has 2 aromatic rings. The highest BCUT2D eigenvalue weighted by atomic mass is 32.2. The number of carbonyl (C=O) groups excluding carboxylic acids is 1. The number of rotatable bonds is 5. The Morgan fingerprint density at radius 1 is 1.12 bits per heavy atom. The number of hydrogen-bond donors (Lipinski definition) is 0. The van der Waals surface area contributed by atoms with Gasteiger partial charge in [0.1, 0.15) is 0 Å². The average Bonchev–Trinajstić information content (AvgIpc) is 2.64. The summed E-state index contributed by atoms with van der Waals surface area (Å²) in [5.74, 6) is 0.412. The molecule has 6 nitrogen and oxygen atoms in total. The molecule has 26 heavy (non-hydrogen) atoms. The van der Waals surface area contributed by atoms with Crippen LogP contribution in [0.3, 0.4) is 0 Å². The fourth-order valence-electron chi connectivity index (χ4n) is 2.98. The molecule has 0 bridgehead atoms. The van der Waals surface area contributed by atoms with E-state index in [1.165, 1.54) is 0 Å². The summed E-state index contributed by atoms with van der Waals surface area (Å²) in [6.07, 6.45) is 3.47. The molecular formula is C19H23N3O3S. The molecular weight excluding hydrogens is 350 g/mol. The van der Waals surface area contributed by atoms with Gasteiger partial charge in [-0.2, -0.15) is 0 Å². The highest BCUT2D eigenvalue weighted by Gasteiger charge is 2.21. The van der Waals surface area contributed by atoms with Gasteiger partial charge in [-0.15, -0.1) is 0 Å². The number of benzene rings is 1. The molecule has 0 saturated carbocycles. The Morgan fingerprint density at radius 2 is 1.81 bits per heavy atom. The van der Waals surface area contributed by atoms with E-state index < -0.39 is 9.84 Å². The lowest BCUT2D eigenvalue weighted by Gasteiger charge is -2.26. The molecule has 7 heteroatoms. The van der Waals surface area contributed by atoms with Gasteiger partial charge in [0.25, 0.3) is 5.91 Å². The van der Waals surface area contributed by atoms with Crippen molar-refractivity contribution in [1.82, 2.24) is 14.8 Å². The summed E-state index contributed by atoms with van der Waals surface area (Å²) in [7, 11) is -1.08. The Labute approximate surface area is 154 Å². The van der Waals surface area contributed by atoms with E-state index >= 15 is 0 Å². The molecule has 1 aromatic heterocycles. The molecule has 1 saturated heterocycles. The van der Waals surface area contributed by atoms with Gasteiger partial charge < -0.3 is 4.90 Å². The average molecular weight is 373 g/mol. The molecule has 0 aliphatic carbocycles. The molecule has 0 radical (unpaired) electrons. The van der Waals surface area contributed by atoms with E-state index in [9.17, 15) is 13.2 Å². The summed E-state index contributed by atoms with van der Waals surface area (Å²) in [5.41, 5.74) is 2.71. The van der Waals surface area contributed by atoms with E-state index in [2.05, 4.69) is 9.88 Å². The predicted molar refractivity (Wildman–Crippen MR) is 100 cm³/mol. The Kier molecular flexibility index (Phi) is 5.68. The Balaban J connectivity index is 1.57. The summed E-state index contributed by atoms with van der Waals surface area (Å²) < 4.78 is 23.0. The molecule has 3 rings (SSSR count). The number of hydrogen-bond acceptors (Lipinski definition) is 5. The van der Waals surface area contributed by atoms with Crippen LogP contribution >= 0.6 is 0 Å². The van der Waals surface area contributed by atoms with Gasteiger partial charge in [0.15, 0.2) is 9.84 Å². The number of pyridine rings is 1. The minimum Gasteiger partial charge on any atom is -0.337 e. The van der Waals surface area contributed by atoms with Crippen LogP contribution in [0, 0.1) is 0 Å². The van der Waals surface area contributed by atoms with Gasteiger partial charge in [0, 0.05) is 51.2 Å². The zero-order valence-corrected chi connectivity index (χ0v) is 15.7. The summed E-state index contributed by atoms with van der Waals surface area (Å²) in [5, 5.41) is 0. The molecule has 0 unspecified atom stereocenters. The molecule has 0 N–H and O–H groups in total. The van der Waals surface area contributed by atoms with Crippen molar-refractivity contribution in [2.75, 3.05) is 31.6 Å². The quantitative estimate of drug-likeness (QED) is 0.796. The van der Waals surface area contributed by atoms with Crippen LogP contribution in [0.4, 0.5) is 0 Å². The second kappa shape index (κ2) is 7.97. The summed E-state index contributed by atoms with van der Waals surface area (Å²) in [6.45, 7) is 2.35. The van der Waals surface area contributed by atoms with Crippen LogP contribution in [-0.2, 0) is 22.9 Å². The second-order valence-electron chi connectivity index (χ2n) is 6.65. The summed E-state index contributed by atoms with van der Waals surface area (Å²) in [6, 6.07) is 11.3. The van der Waals surface area contributed by atoms with E-state index in [4.69, 9.17) is 0 Å². The zero-order chi connectivity index (χ0) is 18.6. The van der Waals surface area contributed by atoms with Crippen LogP contribution in [0.5, 0.6) is 0 Å². The molecule has 0 spiro atoms. The van der Waals surface area contributed by atoms with Gasteiger partial charge in [-0.25, -0.2) is 8.42 Å². The number of nitrogens with zero attached hydrogens (tertiary/aromatic N) is 3. The van der Waals surface area contributed by atoms with Crippen LogP contribution in [0.25, 0.3) is 0 Å². The van der Waals surface area contributed by atoms with Crippen molar-refractivity contribution in [2.45, 2.75) is 13.1 Å². The van der Waals surface area contributed by atoms with Gasteiger partial charge in [-0.3, -0.25) is 14.7 Å². The molecule has 0 atom stereocenters. The lowest BCUT2D eigenvalue weighted by Crippen LogP contribution is -2.39. The van der Waals surface area contributed by atoms with Gasteiger partial charge in [-0.05, 0) is 29.3 Å². The first-order valence-electron chi connectivity index (χ1n) is 8.59. The van der Waals surface area contributed by atoms with Crippen LogP contribution in [-0.4, -0.2) is 60.8 Å². The summed E-state index contributed by atoms with van der Waals surface area (Å²) in [4.78, 5) is 20.4. The fourth-order valence-corrected chi connectivity index (χ4v) is 4.25. The Hall–Kier alpha value is -2.25. The topological polar surface area (TPSA) is 70.6 Å². The molecule has 138 valence electrons. The molecule has 1 aliphatic rings. The van der Waals surface area contributed by atoms with E-state index in [1.54, 1.807) is 24.3 Å². The second-order valence-corrected chi connectivity index (χ2v) is 8.95. The lowest BCUT2D eigenvalue weighted by molar-refractivity contribution is 0.0785. The number of aromatic nitrogens is 1. The Morgan fingerprint density at radius 3 is 2.42 bits per heavy atom. The van der Waals surface area contributed by atoms with Crippen LogP contribution < -0.4 is 0 Å². The largest absolute Gasteiger partial charge is 0.337 e. The first kappa shape index (κ1) is 18.5. The molecule has 1 amide bonds. The Bertz CT molecular complexity index is 837. The van der Waals surface area contributed by atoms with E-state index in [1.807, 2.05) is 36.4 Å². The van der Waals surface area contributed by atoms with E-state index in [-0.39, 0.29) is 17.4 Å². The number of carbonyl (C=O) groups is 1. The maximum Gasteiger partial charge on any atom is 0.253 e. The van der Waals surface area contributed by atoms with E-state index in [0.717, 1.165) is 11.1 Å². The highest BCUT2D eigenvalue weighted by molar-refractivity contribution is 7.91. The van der Waals surface area contributed by atoms with Crippen LogP contribution in [0.1, 0.15) is 21.5 Å². The van der Waals surface area contributed by atoms with Crippen LogP contribution in [0.15, 0.2) is 48.8 Å². The van der Waals surface area contributed by atoms with Crippen molar-refractivity contribution < 1.29 is 13.2 Å². The third-order valence-electron chi connectivity index (χ3n) is 4.53. The van der Waals surface area contributed by atoms with Crippen molar-refractivity contribution in [1.29, 1.82) is 0 Å². The zero-order valence-electron chi connectivity index (χ0n) is 14.8. The molecule has 1 fully saturated rings. The standard InChI is InChI=1S/C19H23N3O3S/c1-21(14-17-3-2-8-20-13-17)19(23)18-6-4-16(5-7-18)15-22-9-11-26(24,25)12-10-22/h2-8,13H,9-12,14-15H2,1H3. The first-order valence-corrected chi connectivity index (χ1v) is 10.4. The molecule has 2 heterocycles. The minimum absolute atomic E-state index is 0.0375. The van der Waals surface area contributed by atoms with Crippen molar-refractivity contribution >= 4 is 15.7 Å². The third-order valence-corrected chi connectivity index (χ3v) is 6.14. The van der Waals surface area contributed by atoms with Gasteiger partial charge >= 0.3 is 0 Å². The first-order chi connectivity index (χ1) is 12.4. The molecule has 1 aliphatic heterocycles.